The van der Waals surface area contributed by atoms with Gasteiger partial charge in [0.25, 0.3) is 0 Å². The molecule has 0 unspecified atom stereocenters. The first-order valence-electron chi connectivity index (χ1n) is 11.9. The van der Waals surface area contributed by atoms with Crippen molar-refractivity contribution >= 4 is 54.3 Å². The zero-order valence-corrected chi connectivity index (χ0v) is 20.1. The normalized spacial score (nSPS) is 11.7. The quantitative estimate of drug-likeness (QED) is 0.283. The van der Waals surface area contributed by atoms with E-state index in [9.17, 15) is 5.11 Å². The third-order valence-electron chi connectivity index (χ3n) is 7.27. The third-order valence-corrected chi connectivity index (χ3v) is 7.27. The summed E-state index contributed by atoms with van der Waals surface area (Å²) in [5.41, 5.74) is 4.84. The van der Waals surface area contributed by atoms with Crippen LogP contribution in [0.1, 0.15) is 0 Å². The van der Waals surface area contributed by atoms with Crippen LogP contribution in [-0.2, 0) is 0 Å². The van der Waals surface area contributed by atoms with Crippen LogP contribution in [0.4, 0.5) is 0 Å². The molecule has 0 spiro atoms. The van der Waals surface area contributed by atoms with Gasteiger partial charge in [0.15, 0.2) is 11.8 Å². The molecule has 8 rings (SSSR count). The van der Waals surface area contributed by atoms with Gasteiger partial charge in [0.05, 0.1) is 0 Å². The maximum atomic E-state index is 13.5. The van der Waals surface area contributed by atoms with Crippen molar-refractivity contribution in [3.05, 3.63) is 103 Å². The van der Waals surface area contributed by atoms with Crippen LogP contribution in [0.5, 0.6) is 5.75 Å². The number of nitrogens with zero attached hydrogens (tertiary/aromatic N) is 1. The molecule has 0 saturated heterocycles. The summed E-state index contributed by atoms with van der Waals surface area (Å²) < 4.78 is 6.14. The molecule has 0 saturated carbocycles. The Bertz CT molecular complexity index is 2100. The number of aromatic nitrogens is 2. The van der Waals surface area contributed by atoms with Crippen molar-refractivity contribution in [2.75, 3.05) is 0 Å². The Labute approximate surface area is 223 Å². The summed E-state index contributed by atoms with van der Waals surface area (Å²) >= 11 is 0. The second kappa shape index (κ2) is 8.08. The van der Waals surface area contributed by atoms with E-state index < -0.39 is 0 Å². The summed E-state index contributed by atoms with van der Waals surface area (Å²) in [5.74, 6) is 0.622. The number of para-hydroxylation sites is 2. The molecule has 2 heterocycles. The molecule has 0 fully saturated rings. The van der Waals surface area contributed by atoms with E-state index in [1.807, 2.05) is 48.5 Å². The first-order chi connectivity index (χ1) is 17.8. The van der Waals surface area contributed by atoms with E-state index in [2.05, 4.69) is 53.5 Å². The van der Waals surface area contributed by atoms with Gasteiger partial charge in [-0.1, -0.05) is 60.7 Å². The smallest absolute Gasteiger partial charge is 0.868 e. The fourth-order valence-electron chi connectivity index (χ4n) is 5.59. The van der Waals surface area contributed by atoms with Crippen molar-refractivity contribution in [1.29, 1.82) is 0 Å². The molecule has 6 aromatic carbocycles. The summed E-state index contributed by atoms with van der Waals surface area (Å²) in [7, 11) is 0. The minimum Gasteiger partial charge on any atom is -0.868 e. The zero-order chi connectivity index (χ0) is 23.8. The van der Waals surface area contributed by atoms with Gasteiger partial charge in [0.1, 0.15) is 5.52 Å². The second-order valence-electron chi connectivity index (χ2n) is 9.21. The molecule has 0 aliphatic heterocycles. The molecule has 4 nitrogen and oxygen atoms in total. The van der Waals surface area contributed by atoms with Gasteiger partial charge in [-0.2, -0.15) is 0 Å². The standard InChI is InChI=1S/C32H18N2O2.Li/c35-31-24(15-11-20-4-3-17-33-30(20)31)21-12-7-18-9-14-23-25(32-34-26-5-1-2-6-27(26)36-32)16-10-19-8-13-22(21)28(18)29(19)23;/h1-17,35H;/q;+1. The molecule has 8 aromatic rings. The average molecular weight is 469 g/mol. The Hall–Kier alpha value is -4.36. The van der Waals surface area contributed by atoms with Crippen molar-refractivity contribution in [3.8, 4) is 28.3 Å². The van der Waals surface area contributed by atoms with Crippen LogP contribution in [0.25, 0.3) is 76.9 Å². The van der Waals surface area contributed by atoms with E-state index in [4.69, 9.17) is 9.40 Å². The molecule has 1 N–H and O–H groups in total. The topological polar surface area (TPSA) is 63.2 Å². The van der Waals surface area contributed by atoms with Crippen molar-refractivity contribution in [2.45, 2.75) is 0 Å². The van der Waals surface area contributed by atoms with Crippen LogP contribution in [0.2, 0.25) is 0 Å². The van der Waals surface area contributed by atoms with Gasteiger partial charge in [-0.15, -0.1) is 0 Å². The number of nitrogens with one attached hydrogen (secondary N) is 1. The van der Waals surface area contributed by atoms with E-state index in [-0.39, 0.29) is 24.6 Å². The molecule has 0 amide bonds. The van der Waals surface area contributed by atoms with E-state index in [1.165, 1.54) is 0 Å². The van der Waals surface area contributed by atoms with Gasteiger partial charge in [-0.25, -0.2) is 9.97 Å². The van der Waals surface area contributed by atoms with E-state index in [0.717, 1.165) is 59.9 Å². The molecular formula is C32H18LiN2O2+. The van der Waals surface area contributed by atoms with Crippen LogP contribution >= 0.6 is 0 Å². The summed E-state index contributed by atoms with van der Waals surface area (Å²) in [6.07, 6.45) is 1.80. The fourth-order valence-corrected chi connectivity index (χ4v) is 5.59. The number of hydrogen-bond donors (Lipinski definition) is 0. The third kappa shape index (κ3) is 3.10. The molecule has 2 aromatic heterocycles. The first-order valence-corrected chi connectivity index (χ1v) is 11.9. The Balaban J connectivity index is 0.00000231. The SMILES string of the molecule is [Li+].[O-]c1c(-c2ccc3ccc4c(-c5nc6ccccc6o5)ccc5ccc2c3c54)ccc2ccc[nH+]c12. The number of benzene rings is 6. The van der Waals surface area contributed by atoms with Crippen LogP contribution in [0, 0.1) is 0 Å². The Kier molecular flexibility index (Phi) is 4.78. The van der Waals surface area contributed by atoms with Crippen molar-refractivity contribution in [3.63, 3.8) is 0 Å². The van der Waals surface area contributed by atoms with Gasteiger partial charge < -0.3 is 9.52 Å². The van der Waals surface area contributed by atoms with Crippen LogP contribution in [0.3, 0.4) is 0 Å². The van der Waals surface area contributed by atoms with Crippen molar-refractivity contribution < 1.29 is 33.4 Å². The average Bonchev–Trinajstić information content (AvgIpc) is 3.36. The number of hydrogen-bond acceptors (Lipinski definition) is 3. The number of fused-ring (bicyclic) bond motifs is 2. The van der Waals surface area contributed by atoms with Gasteiger partial charge >= 0.3 is 18.9 Å². The van der Waals surface area contributed by atoms with Gasteiger partial charge in [0, 0.05) is 17.0 Å². The first kappa shape index (κ1) is 21.9. The zero-order valence-electron chi connectivity index (χ0n) is 20.1. The molecule has 5 heteroatoms. The maximum absolute atomic E-state index is 13.5. The molecule has 0 atom stereocenters. The van der Waals surface area contributed by atoms with Crippen LogP contribution < -0.4 is 29.0 Å². The van der Waals surface area contributed by atoms with Crippen LogP contribution in [-0.4, -0.2) is 4.98 Å². The van der Waals surface area contributed by atoms with Crippen LogP contribution in [0.15, 0.2) is 108 Å². The predicted molar refractivity (Wildman–Crippen MR) is 142 cm³/mol. The molecule has 0 aliphatic rings. The van der Waals surface area contributed by atoms with E-state index in [0.29, 0.717) is 17.0 Å². The number of oxazole rings is 1. The maximum Gasteiger partial charge on any atom is 1.00 e. The summed E-state index contributed by atoms with van der Waals surface area (Å²) in [6, 6.07) is 32.6. The molecule has 37 heavy (non-hydrogen) atoms. The van der Waals surface area contributed by atoms with E-state index >= 15 is 0 Å². The number of pyridine rings is 1. The summed E-state index contributed by atoms with van der Waals surface area (Å²) in [5, 5.41) is 21.1. The Morgan fingerprint density at radius 1 is 0.622 bits per heavy atom. The monoisotopic (exact) mass is 469 g/mol. The summed E-state index contributed by atoms with van der Waals surface area (Å²) in [6.45, 7) is 0. The van der Waals surface area contributed by atoms with Gasteiger partial charge in [-0.05, 0) is 79.5 Å². The minimum absolute atomic E-state index is 0. The second-order valence-corrected chi connectivity index (χ2v) is 9.21. The number of aromatic amines is 1. The molecule has 0 aliphatic carbocycles. The van der Waals surface area contributed by atoms with Crippen molar-refractivity contribution in [1.82, 2.24) is 4.98 Å². The Morgan fingerprint density at radius 3 is 2.05 bits per heavy atom. The number of H-pyrrole nitrogens is 1. The molecular weight excluding hydrogens is 451 g/mol. The predicted octanol–water partition coefficient (Wildman–Crippen LogP) is 4.10. The van der Waals surface area contributed by atoms with Gasteiger partial charge in [0.2, 0.25) is 11.4 Å². The summed E-state index contributed by atoms with van der Waals surface area (Å²) in [4.78, 5) is 7.89. The Morgan fingerprint density at radius 2 is 1.27 bits per heavy atom. The molecule has 168 valence electrons. The van der Waals surface area contributed by atoms with Crippen molar-refractivity contribution in [2.24, 2.45) is 0 Å². The van der Waals surface area contributed by atoms with Gasteiger partial charge in [-0.3, -0.25) is 0 Å². The molecule has 0 radical (unpaired) electrons. The molecule has 0 bridgehead atoms. The fraction of sp³-hybridized carbons (Fsp3) is 0. The number of rotatable bonds is 2. The van der Waals surface area contributed by atoms with E-state index in [1.54, 1.807) is 6.20 Å². The minimum atomic E-state index is 0. The largest absolute Gasteiger partial charge is 1.00 e.